The Labute approximate surface area is 289 Å². The second-order valence-corrected chi connectivity index (χ2v) is 18.8. The number of hydrogen-bond donors (Lipinski definition) is 0. The summed E-state index contributed by atoms with van der Waals surface area (Å²) in [6, 6.07) is 6.96. The molecule has 0 saturated heterocycles. The third kappa shape index (κ3) is 7.71. The molecule has 1 aliphatic carbocycles. The van der Waals surface area contributed by atoms with Crippen molar-refractivity contribution in [2.24, 2.45) is 22.7 Å². The second kappa shape index (κ2) is 12.7. The van der Waals surface area contributed by atoms with Crippen LogP contribution >= 0.6 is 0 Å². The number of nitrogens with zero attached hydrogens (tertiary/aromatic N) is 2. The molecule has 0 radical (unpaired) electrons. The fourth-order valence-electron chi connectivity index (χ4n) is 6.50. The van der Waals surface area contributed by atoms with Crippen molar-refractivity contribution in [3.05, 3.63) is 94.1 Å². The van der Waals surface area contributed by atoms with Gasteiger partial charge in [0.05, 0.1) is 11.2 Å². The number of aromatic nitrogens is 2. The van der Waals surface area contributed by atoms with Crippen molar-refractivity contribution in [1.29, 1.82) is 0 Å². The van der Waals surface area contributed by atoms with Gasteiger partial charge in [0.2, 0.25) is 0 Å². The highest BCUT2D eigenvalue weighted by atomic mass is 16.5. The molecule has 3 heteroatoms. The molecule has 0 aliphatic heterocycles. The van der Waals surface area contributed by atoms with E-state index in [0.29, 0.717) is 11.8 Å². The van der Waals surface area contributed by atoms with Crippen LogP contribution in [0.3, 0.4) is 0 Å². The van der Waals surface area contributed by atoms with Crippen LogP contribution in [-0.4, -0.2) is 21.2 Å². The molecule has 3 nitrogen and oxygen atoms in total. The van der Waals surface area contributed by atoms with Crippen LogP contribution in [0.15, 0.2) is 66.0 Å². The molecule has 0 atom stereocenters. The van der Waals surface area contributed by atoms with Gasteiger partial charge in [-0.15, -0.1) is 0 Å². The maximum Gasteiger partial charge on any atom is 0.138 e. The molecule has 0 saturated carbocycles. The summed E-state index contributed by atoms with van der Waals surface area (Å²) in [5, 5.41) is 0. The molecule has 0 unspecified atom stereocenters. The summed E-state index contributed by atoms with van der Waals surface area (Å²) in [5.74, 6) is 1.80. The lowest BCUT2D eigenvalue weighted by molar-refractivity contribution is -0.171. The topological polar surface area (TPSA) is 35.0 Å². The van der Waals surface area contributed by atoms with Crippen molar-refractivity contribution in [2.45, 2.75) is 159 Å². The Hall–Kier alpha value is -2.52. The van der Waals surface area contributed by atoms with E-state index < -0.39 is 0 Å². The van der Waals surface area contributed by atoms with Gasteiger partial charge in [0.15, 0.2) is 0 Å². The van der Waals surface area contributed by atoms with Crippen molar-refractivity contribution in [3.63, 3.8) is 0 Å². The molecule has 1 heterocycles. The summed E-state index contributed by atoms with van der Waals surface area (Å²) in [5.41, 5.74) is 6.23. The molecule has 3 rings (SSSR count). The summed E-state index contributed by atoms with van der Waals surface area (Å²) in [4.78, 5) is 10.1. The van der Waals surface area contributed by atoms with E-state index in [4.69, 9.17) is 14.7 Å². The highest BCUT2D eigenvalue weighted by molar-refractivity contribution is 5.47. The molecule has 0 fully saturated rings. The molecule has 1 aromatic heterocycles. The second-order valence-electron chi connectivity index (χ2n) is 18.8. The molecule has 47 heavy (non-hydrogen) atoms. The zero-order chi connectivity index (χ0) is 36.2. The van der Waals surface area contributed by atoms with Gasteiger partial charge in [-0.3, -0.25) is 0 Å². The normalized spacial score (nSPS) is 16.8. The summed E-state index contributed by atoms with van der Waals surface area (Å²) in [6.45, 7) is 43.1. The molecule has 0 spiro atoms. The molecule has 2 aromatic rings. The molecule has 1 aliphatic rings. The number of hydrogen-bond acceptors (Lipinski definition) is 3. The van der Waals surface area contributed by atoms with Crippen molar-refractivity contribution >= 4 is 0 Å². The van der Waals surface area contributed by atoms with E-state index in [1.54, 1.807) is 0 Å². The third-order valence-corrected chi connectivity index (χ3v) is 12.4. The molecule has 0 N–H and O–H groups in total. The first-order valence-electron chi connectivity index (χ1n) is 17.9. The Bertz CT molecular complexity index is 1520. The van der Waals surface area contributed by atoms with Gasteiger partial charge in [0, 0.05) is 34.1 Å². The largest absolute Gasteiger partial charge is 0.369 e. The molecule has 0 amide bonds. The number of allylic oxidation sites excluding steroid dienone is 6. The first-order valence-corrected chi connectivity index (χ1v) is 17.9. The summed E-state index contributed by atoms with van der Waals surface area (Å²) < 4.78 is 6.82. The Balaban J connectivity index is 1.93. The molecular weight excluding hydrogens is 572 g/mol. The summed E-state index contributed by atoms with van der Waals surface area (Å²) in [7, 11) is 0. The predicted octanol–water partition coefficient (Wildman–Crippen LogP) is 12.0. The first-order chi connectivity index (χ1) is 21.1. The van der Waals surface area contributed by atoms with Crippen molar-refractivity contribution in [1.82, 2.24) is 9.97 Å². The van der Waals surface area contributed by atoms with Gasteiger partial charge in [-0.1, -0.05) is 126 Å². The van der Waals surface area contributed by atoms with Crippen LogP contribution < -0.4 is 0 Å². The van der Waals surface area contributed by atoms with Crippen LogP contribution in [-0.2, 0) is 21.0 Å². The quantitative estimate of drug-likeness (QED) is 0.245. The van der Waals surface area contributed by atoms with Crippen LogP contribution in [0.1, 0.15) is 153 Å². The summed E-state index contributed by atoms with van der Waals surface area (Å²) >= 11 is 0. The van der Waals surface area contributed by atoms with Crippen LogP contribution in [0.2, 0.25) is 0 Å². The monoisotopic (exact) mass is 641 g/mol. The van der Waals surface area contributed by atoms with E-state index in [0.717, 1.165) is 11.4 Å². The number of aryl methyl sites for hydroxylation is 1. The van der Waals surface area contributed by atoms with E-state index in [2.05, 4.69) is 174 Å². The minimum absolute atomic E-state index is 0.0796. The van der Waals surface area contributed by atoms with Gasteiger partial charge in [-0.2, -0.15) is 0 Å². The average molecular weight is 641 g/mol. The van der Waals surface area contributed by atoms with Gasteiger partial charge in [0.1, 0.15) is 5.82 Å². The Kier molecular flexibility index (Phi) is 10.6. The standard InChI is InChI=1S/C44H68N2O/c1-29(2)39(8,9)33-20-21-34(26-38(6,7)25-33)41(12,13)37-45-27-35(28-46-37)40(10,11)36-23-22-32(24-31(36)5)42(14,15)44(18,19)47-43(16,17)30(3)4/h20-30H,1-19H3. The maximum atomic E-state index is 6.82. The highest BCUT2D eigenvalue weighted by Crippen LogP contribution is 2.45. The molecular formula is C44H68N2O. The summed E-state index contributed by atoms with van der Waals surface area (Å²) in [6.07, 6.45) is 13.6. The van der Waals surface area contributed by atoms with Crippen molar-refractivity contribution in [2.75, 3.05) is 0 Å². The van der Waals surface area contributed by atoms with Crippen LogP contribution in [0.25, 0.3) is 0 Å². The van der Waals surface area contributed by atoms with Gasteiger partial charge >= 0.3 is 0 Å². The lowest BCUT2D eigenvalue weighted by Crippen LogP contribution is -2.51. The van der Waals surface area contributed by atoms with Crippen molar-refractivity contribution in [3.8, 4) is 0 Å². The van der Waals surface area contributed by atoms with Crippen LogP contribution in [0.4, 0.5) is 0 Å². The molecule has 260 valence electrons. The predicted molar refractivity (Wildman–Crippen MR) is 203 cm³/mol. The highest BCUT2D eigenvalue weighted by Gasteiger charge is 2.44. The number of benzene rings is 1. The van der Waals surface area contributed by atoms with Gasteiger partial charge in [0.25, 0.3) is 0 Å². The molecule has 1 aromatic carbocycles. The Morgan fingerprint density at radius 2 is 1.17 bits per heavy atom. The fourth-order valence-corrected chi connectivity index (χ4v) is 6.50. The lowest BCUT2D eigenvalue weighted by atomic mass is 9.69. The Morgan fingerprint density at radius 1 is 0.660 bits per heavy atom. The van der Waals surface area contributed by atoms with E-state index in [9.17, 15) is 0 Å². The molecule has 0 bridgehead atoms. The zero-order valence-electron chi connectivity index (χ0n) is 33.7. The van der Waals surface area contributed by atoms with E-state index in [1.165, 1.54) is 27.8 Å². The smallest absolute Gasteiger partial charge is 0.138 e. The van der Waals surface area contributed by atoms with Gasteiger partial charge < -0.3 is 4.74 Å². The first kappa shape index (κ1) is 38.9. The SMILES string of the molecule is Cc1cc(C(C)(C)C(C)(C)OC(C)(C)C(C)C)ccc1C(C)(C)c1cnc(C(C)(C)C2=CC(C)(C)C=C(C(C)(C)C(C)C)C=C2)nc1. The average Bonchev–Trinajstić information content (AvgIpc) is 3.10. The van der Waals surface area contributed by atoms with Gasteiger partial charge in [-0.05, 0) is 99.1 Å². The van der Waals surface area contributed by atoms with E-state index in [1.807, 2.05) is 12.4 Å². The lowest BCUT2D eigenvalue weighted by Gasteiger charge is -2.48. The van der Waals surface area contributed by atoms with Crippen molar-refractivity contribution < 1.29 is 4.74 Å². The minimum Gasteiger partial charge on any atom is -0.369 e. The van der Waals surface area contributed by atoms with E-state index in [-0.39, 0.29) is 38.3 Å². The Morgan fingerprint density at radius 3 is 1.66 bits per heavy atom. The number of ether oxygens (including phenoxy) is 1. The minimum atomic E-state index is -0.361. The van der Waals surface area contributed by atoms with E-state index >= 15 is 0 Å². The third-order valence-electron chi connectivity index (χ3n) is 12.4. The zero-order valence-corrected chi connectivity index (χ0v) is 33.7. The van der Waals surface area contributed by atoms with Crippen LogP contribution in [0.5, 0.6) is 0 Å². The van der Waals surface area contributed by atoms with Gasteiger partial charge in [-0.25, -0.2) is 9.97 Å². The number of rotatable bonds is 11. The van der Waals surface area contributed by atoms with Crippen LogP contribution in [0, 0.1) is 29.6 Å². The maximum absolute atomic E-state index is 6.82. The fraction of sp³-hybridized carbons (Fsp3) is 0.636.